The maximum absolute atomic E-state index is 13.6. The number of aromatic amines is 1. The van der Waals surface area contributed by atoms with Crippen LogP contribution in [-0.2, 0) is 17.8 Å². The topological polar surface area (TPSA) is 68.4 Å². The lowest BCUT2D eigenvalue weighted by Gasteiger charge is -2.19. The molecule has 3 aromatic rings. The minimum atomic E-state index is -1.17. The summed E-state index contributed by atoms with van der Waals surface area (Å²) in [4.78, 5) is 16.9. The van der Waals surface area contributed by atoms with E-state index in [0.717, 1.165) is 5.56 Å². The van der Waals surface area contributed by atoms with Gasteiger partial charge in [0, 0.05) is 18.1 Å². The molecule has 1 unspecified atom stereocenters. The average Bonchev–Trinajstić information content (AvgIpc) is 3.15. The lowest BCUT2D eigenvalue weighted by Crippen LogP contribution is -2.36. The molecule has 3 N–H and O–H groups in total. The van der Waals surface area contributed by atoms with Gasteiger partial charge in [-0.15, -0.1) is 0 Å². The molecule has 0 saturated carbocycles. The minimum absolute atomic E-state index is 0.00257. The predicted molar refractivity (Wildman–Crippen MR) is 96.9 cm³/mol. The third-order valence-corrected chi connectivity index (χ3v) is 5.09. The monoisotopic (exact) mass is 391 g/mol. The van der Waals surface area contributed by atoms with Gasteiger partial charge in [-0.25, -0.2) is 8.78 Å². The number of rotatable bonds is 4. The molecule has 8 heteroatoms. The van der Waals surface area contributed by atoms with Gasteiger partial charge in [0.05, 0.1) is 11.6 Å². The highest BCUT2D eigenvalue weighted by Crippen LogP contribution is 2.29. The second-order valence-electron chi connectivity index (χ2n) is 6.49. The van der Waals surface area contributed by atoms with E-state index in [2.05, 4.69) is 10.3 Å². The first-order valence-corrected chi connectivity index (χ1v) is 8.75. The largest absolute Gasteiger partial charge is 0.361 e. The Hall–Kier alpha value is -2.48. The summed E-state index contributed by atoms with van der Waals surface area (Å²) in [5.41, 5.74) is 1.83. The molecular formula is C19H16ClF2N3O2. The van der Waals surface area contributed by atoms with Crippen LogP contribution in [0.3, 0.4) is 0 Å². The van der Waals surface area contributed by atoms with Crippen molar-refractivity contribution < 1.29 is 18.7 Å². The van der Waals surface area contributed by atoms with Crippen LogP contribution in [0, 0.1) is 11.6 Å². The summed E-state index contributed by atoms with van der Waals surface area (Å²) in [5, 5.41) is 13.8. The van der Waals surface area contributed by atoms with Gasteiger partial charge >= 0.3 is 0 Å². The fourth-order valence-electron chi connectivity index (χ4n) is 3.39. The summed E-state index contributed by atoms with van der Waals surface area (Å²) in [7, 11) is 0. The van der Waals surface area contributed by atoms with Crippen LogP contribution >= 0.6 is 11.6 Å². The number of aromatic nitrogens is 1. The van der Waals surface area contributed by atoms with Crippen LogP contribution in [-0.4, -0.2) is 33.3 Å². The maximum Gasteiger partial charge on any atom is 0.243 e. The Balaban J connectivity index is 1.54. The van der Waals surface area contributed by atoms with E-state index in [9.17, 15) is 18.7 Å². The van der Waals surface area contributed by atoms with Gasteiger partial charge < -0.3 is 10.1 Å². The van der Waals surface area contributed by atoms with Crippen molar-refractivity contribution in [2.75, 3.05) is 0 Å². The van der Waals surface area contributed by atoms with E-state index in [4.69, 9.17) is 11.6 Å². The van der Waals surface area contributed by atoms with E-state index >= 15 is 0 Å². The van der Waals surface area contributed by atoms with E-state index in [1.807, 2.05) is 0 Å². The highest BCUT2D eigenvalue weighted by molar-refractivity contribution is 6.35. The van der Waals surface area contributed by atoms with Crippen molar-refractivity contribution in [3.05, 3.63) is 70.4 Å². The molecule has 1 amide bonds. The Morgan fingerprint density at radius 3 is 2.81 bits per heavy atom. The van der Waals surface area contributed by atoms with Crippen LogP contribution in [0.15, 0.2) is 42.6 Å². The molecule has 0 spiro atoms. The van der Waals surface area contributed by atoms with Crippen molar-refractivity contribution >= 4 is 28.4 Å². The van der Waals surface area contributed by atoms with Crippen LogP contribution in [0.1, 0.15) is 11.1 Å². The normalized spacial score (nSPS) is 20.0. The first-order valence-electron chi connectivity index (χ1n) is 8.37. The van der Waals surface area contributed by atoms with E-state index in [1.54, 1.807) is 24.4 Å². The summed E-state index contributed by atoms with van der Waals surface area (Å²) in [6, 6.07) is 8.10. The Morgan fingerprint density at radius 2 is 2.04 bits per heavy atom. The first kappa shape index (κ1) is 17.9. The Morgan fingerprint density at radius 1 is 1.22 bits per heavy atom. The summed E-state index contributed by atoms with van der Waals surface area (Å²) in [6.07, 6.45) is 0.793. The van der Waals surface area contributed by atoms with Crippen LogP contribution < -0.4 is 5.32 Å². The van der Waals surface area contributed by atoms with Gasteiger partial charge in [0.2, 0.25) is 5.91 Å². The molecule has 1 fully saturated rings. The number of carbonyl (C=O) groups is 1. The number of aliphatic hydroxyl groups is 1. The molecule has 0 bridgehead atoms. The number of hydrogen-bond donors (Lipinski definition) is 3. The highest BCUT2D eigenvalue weighted by Gasteiger charge is 2.38. The number of fused-ring (bicyclic) bond motifs is 1. The Kier molecular flexibility index (Phi) is 4.59. The van der Waals surface area contributed by atoms with Gasteiger partial charge in [-0.3, -0.25) is 15.0 Å². The molecule has 1 saturated heterocycles. The lowest BCUT2D eigenvalue weighted by molar-refractivity contribution is -0.134. The van der Waals surface area contributed by atoms with Crippen LogP contribution in [0.25, 0.3) is 10.9 Å². The van der Waals surface area contributed by atoms with Crippen molar-refractivity contribution in [3.8, 4) is 0 Å². The number of aliphatic hydroxyl groups excluding tert-OH is 1. The fraction of sp³-hybridized carbons (Fsp3) is 0.211. The quantitative estimate of drug-likeness (QED) is 0.640. The van der Waals surface area contributed by atoms with Gasteiger partial charge in [-0.05, 0) is 41.8 Å². The number of benzene rings is 2. The third kappa shape index (κ3) is 3.29. The zero-order chi connectivity index (χ0) is 19.1. The molecular weight excluding hydrogens is 376 g/mol. The van der Waals surface area contributed by atoms with E-state index in [0.29, 0.717) is 16.5 Å². The Labute approximate surface area is 158 Å². The highest BCUT2D eigenvalue weighted by atomic mass is 35.5. The van der Waals surface area contributed by atoms with Crippen molar-refractivity contribution in [2.24, 2.45) is 0 Å². The van der Waals surface area contributed by atoms with Crippen LogP contribution in [0.4, 0.5) is 8.78 Å². The molecule has 5 nitrogen and oxygen atoms in total. The smallest absolute Gasteiger partial charge is 0.243 e. The van der Waals surface area contributed by atoms with Crippen molar-refractivity contribution in [2.45, 2.75) is 25.4 Å². The van der Waals surface area contributed by atoms with Crippen molar-refractivity contribution in [1.82, 2.24) is 15.2 Å². The number of nitrogens with zero attached hydrogens (tertiary/aromatic N) is 1. The van der Waals surface area contributed by atoms with Gasteiger partial charge in [0.1, 0.15) is 16.7 Å². The number of amides is 1. The van der Waals surface area contributed by atoms with Crippen LogP contribution in [0.2, 0.25) is 5.02 Å². The number of carbonyl (C=O) groups excluding carboxylic acids is 1. The third-order valence-electron chi connectivity index (χ3n) is 4.72. The van der Waals surface area contributed by atoms with Gasteiger partial charge in [-0.1, -0.05) is 23.7 Å². The molecule has 1 aliphatic rings. The molecule has 0 aliphatic carbocycles. The summed E-state index contributed by atoms with van der Waals surface area (Å²) in [6.45, 7) is 0.0895. The Bertz CT molecular complexity index is 1020. The second kappa shape index (κ2) is 6.92. The second-order valence-corrected chi connectivity index (χ2v) is 6.87. The maximum atomic E-state index is 13.6. The standard InChI is InChI=1S/C19H16ClF2N3O2/c20-16-14(22)5-4-13-11(8-23-17(13)16)7-15-18(26)25(19(27)24-15)9-10-2-1-3-12(21)6-10/h1-6,8,15,19,23-24,27H,7,9H2/t15-,19?/m1/s1. The van der Waals surface area contributed by atoms with Gasteiger partial charge in [0.25, 0.3) is 0 Å². The molecule has 27 heavy (non-hydrogen) atoms. The van der Waals surface area contributed by atoms with Gasteiger partial charge in [-0.2, -0.15) is 0 Å². The zero-order valence-electron chi connectivity index (χ0n) is 14.0. The van der Waals surface area contributed by atoms with E-state index < -0.39 is 24.0 Å². The lowest BCUT2D eigenvalue weighted by atomic mass is 10.0. The number of halogens is 3. The van der Waals surface area contributed by atoms with E-state index in [-0.39, 0.29) is 23.9 Å². The number of hydrogen-bond acceptors (Lipinski definition) is 3. The van der Waals surface area contributed by atoms with E-state index in [1.165, 1.54) is 23.1 Å². The number of nitrogens with one attached hydrogen (secondary N) is 2. The van der Waals surface area contributed by atoms with Crippen LogP contribution in [0.5, 0.6) is 0 Å². The molecule has 2 atom stereocenters. The predicted octanol–water partition coefficient (Wildman–Crippen LogP) is 2.92. The molecule has 2 aromatic carbocycles. The SMILES string of the molecule is O=C1[C@@H](Cc2c[nH]c3c(Cl)c(F)ccc23)NC(O)N1Cc1cccc(F)c1. The first-order chi connectivity index (χ1) is 12.9. The summed E-state index contributed by atoms with van der Waals surface area (Å²) >= 11 is 5.97. The summed E-state index contributed by atoms with van der Waals surface area (Å²) in [5.74, 6) is -1.22. The molecule has 1 aliphatic heterocycles. The average molecular weight is 392 g/mol. The molecule has 4 rings (SSSR count). The van der Waals surface area contributed by atoms with Crippen molar-refractivity contribution in [1.29, 1.82) is 0 Å². The zero-order valence-corrected chi connectivity index (χ0v) is 14.8. The molecule has 0 radical (unpaired) electrons. The van der Waals surface area contributed by atoms with Gasteiger partial charge in [0.15, 0.2) is 6.35 Å². The molecule has 140 valence electrons. The van der Waals surface area contributed by atoms with Crippen molar-refractivity contribution in [3.63, 3.8) is 0 Å². The fourth-order valence-corrected chi connectivity index (χ4v) is 3.61. The minimum Gasteiger partial charge on any atom is -0.361 e. The summed E-state index contributed by atoms with van der Waals surface area (Å²) < 4.78 is 26.9. The molecule has 1 aromatic heterocycles. The number of H-pyrrole nitrogens is 1. The molecule has 2 heterocycles.